The Morgan fingerprint density at radius 1 is 1.39 bits per heavy atom. The smallest absolute Gasteiger partial charge is 0.219 e. The molecule has 6 heteroatoms. The number of carbonyl (C=O) groups is 1. The first kappa shape index (κ1) is 18.0. The van der Waals surface area contributed by atoms with Crippen LogP contribution in [0.3, 0.4) is 0 Å². The van der Waals surface area contributed by atoms with Gasteiger partial charge < -0.3 is 19.6 Å². The Morgan fingerprint density at radius 2 is 2.00 bits per heavy atom. The number of nitrogens with zero attached hydrogens (tertiary/aromatic N) is 2. The van der Waals surface area contributed by atoms with Gasteiger partial charge in [-0.25, -0.2) is 0 Å². The number of amides is 1. The Labute approximate surface area is 142 Å². The van der Waals surface area contributed by atoms with Crippen LogP contribution in [-0.2, 0) is 4.79 Å². The third kappa shape index (κ3) is 5.68. The van der Waals surface area contributed by atoms with Crippen molar-refractivity contribution in [2.75, 3.05) is 33.3 Å². The van der Waals surface area contributed by atoms with Crippen LogP contribution >= 0.6 is 11.6 Å². The number of carbonyl (C=O) groups excluding carboxylic acids is 1. The van der Waals surface area contributed by atoms with E-state index in [4.69, 9.17) is 16.3 Å². The first-order valence-corrected chi connectivity index (χ1v) is 8.35. The first-order valence-electron chi connectivity index (χ1n) is 7.98. The molecular weight excluding hydrogens is 316 g/mol. The highest BCUT2D eigenvalue weighted by molar-refractivity contribution is 6.30. The van der Waals surface area contributed by atoms with E-state index < -0.39 is 6.10 Å². The molecule has 1 amide bonds. The Hall–Kier alpha value is -1.30. The number of piperidine rings is 1. The van der Waals surface area contributed by atoms with Crippen LogP contribution in [-0.4, -0.2) is 66.2 Å². The minimum Gasteiger partial charge on any atom is -0.491 e. The average molecular weight is 341 g/mol. The molecule has 2 rings (SSSR count). The van der Waals surface area contributed by atoms with E-state index in [1.807, 2.05) is 11.9 Å². The highest BCUT2D eigenvalue weighted by Gasteiger charge is 2.24. The molecule has 1 aromatic carbocycles. The summed E-state index contributed by atoms with van der Waals surface area (Å²) in [5, 5.41) is 10.8. The average Bonchev–Trinajstić information content (AvgIpc) is 2.54. The highest BCUT2D eigenvalue weighted by atomic mass is 35.5. The summed E-state index contributed by atoms with van der Waals surface area (Å²) < 4.78 is 5.57. The molecule has 1 unspecified atom stereocenters. The molecule has 23 heavy (non-hydrogen) atoms. The predicted molar refractivity (Wildman–Crippen MR) is 90.9 cm³/mol. The van der Waals surface area contributed by atoms with Crippen molar-refractivity contribution >= 4 is 17.5 Å². The Balaban J connectivity index is 1.69. The van der Waals surface area contributed by atoms with E-state index in [9.17, 15) is 9.90 Å². The molecule has 128 valence electrons. The number of ether oxygens (including phenoxy) is 1. The van der Waals surface area contributed by atoms with Gasteiger partial charge in [-0.05, 0) is 37.1 Å². The molecule has 0 aromatic heterocycles. The van der Waals surface area contributed by atoms with E-state index in [0.717, 1.165) is 25.9 Å². The third-order valence-corrected chi connectivity index (χ3v) is 4.58. The SMILES string of the molecule is CC(=O)N(C)C1CCN(CC(O)COc2ccc(Cl)cc2)CC1. The molecule has 1 N–H and O–H groups in total. The molecule has 1 atom stereocenters. The lowest BCUT2D eigenvalue weighted by atomic mass is 10.0. The van der Waals surface area contributed by atoms with Crippen molar-refractivity contribution in [1.82, 2.24) is 9.80 Å². The number of hydrogen-bond donors (Lipinski definition) is 1. The Morgan fingerprint density at radius 3 is 2.57 bits per heavy atom. The van der Waals surface area contributed by atoms with Gasteiger partial charge in [0.25, 0.3) is 0 Å². The number of likely N-dealkylation sites (tertiary alicyclic amines) is 1. The number of benzene rings is 1. The van der Waals surface area contributed by atoms with Crippen LogP contribution in [0.15, 0.2) is 24.3 Å². The van der Waals surface area contributed by atoms with Gasteiger partial charge >= 0.3 is 0 Å². The number of β-amino-alcohol motifs (C(OH)–C–C–N with tert-alkyl or cyclic N) is 1. The molecule has 5 nitrogen and oxygen atoms in total. The zero-order valence-corrected chi connectivity index (χ0v) is 14.5. The minimum absolute atomic E-state index is 0.111. The van der Waals surface area contributed by atoms with E-state index in [0.29, 0.717) is 23.4 Å². The van der Waals surface area contributed by atoms with Crippen LogP contribution in [0.5, 0.6) is 5.75 Å². The quantitative estimate of drug-likeness (QED) is 0.861. The minimum atomic E-state index is -0.534. The molecule has 0 bridgehead atoms. The summed E-state index contributed by atoms with van der Waals surface area (Å²) in [7, 11) is 1.86. The number of aliphatic hydroxyl groups excluding tert-OH is 1. The monoisotopic (exact) mass is 340 g/mol. The fraction of sp³-hybridized carbons (Fsp3) is 0.588. The zero-order valence-electron chi connectivity index (χ0n) is 13.7. The second-order valence-electron chi connectivity index (χ2n) is 6.08. The summed E-state index contributed by atoms with van der Waals surface area (Å²) >= 11 is 5.82. The first-order chi connectivity index (χ1) is 11.0. The lowest BCUT2D eigenvalue weighted by Gasteiger charge is -2.37. The molecule has 1 aliphatic rings. The number of halogens is 1. The molecule has 0 aliphatic carbocycles. The molecule has 0 spiro atoms. The molecule has 1 aliphatic heterocycles. The summed E-state index contributed by atoms with van der Waals surface area (Å²) in [6.07, 6.45) is 1.36. The number of aliphatic hydroxyl groups is 1. The largest absolute Gasteiger partial charge is 0.491 e. The van der Waals surface area contributed by atoms with E-state index >= 15 is 0 Å². The van der Waals surface area contributed by atoms with Crippen LogP contribution in [0.2, 0.25) is 5.02 Å². The lowest BCUT2D eigenvalue weighted by Crippen LogP contribution is -2.47. The summed E-state index contributed by atoms with van der Waals surface area (Å²) in [5.41, 5.74) is 0. The number of hydrogen-bond acceptors (Lipinski definition) is 4. The van der Waals surface area contributed by atoms with Crippen molar-refractivity contribution in [2.45, 2.75) is 31.9 Å². The Kier molecular flexibility index (Phi) is 6.69. The molecule has 0 saturated carbocycles. The van der Waals surface area contributed by atoms with Crippen molar-refractivity contribution in [1.29, 1.82) is 0 Å². The molecule has 1 saturated heterocycles. The van der Waals surface area contributed by atoms with Crippen LogP contribution in [0.1, 0.15) is 19.8 Å². The van der Waals surface area contributed by atoms with Gasteiger partial charge in [0.2, 0.25) is 5.91 Å². The van der Waals surface area contributed by atoms with Gasteiger partial charge in [-0.2, -0.15) is 0 Å². The molecule has 1 fully saturated rings. The van der Waals surface area contributed by atoms with Gasteiger partial charge in [-0.3, -0.25) is 4.79 Å². The Bertz CT molecular complexity index is 501. The summed E-state index contributed by atoms with van der Waals surface area (Å²) in [6, 6.07) is 7.42. The van der Waals surface area contributed by atoms with Crippen molar-refractivity contribution in [3.63, 3.8) is 0 Å². The van der Waals surface area contributed by atoms with Gasteiger partial charge in [0.1, 0.15) is 18.5 Å². The predicted octanol–water partition coefficient (Wildman–Crippen LogP) is 2.02. The fourth-order valence-electron chi connectivity index (χ4n) is 2.82. The second kappa shape index (κ2) is 8.52. The zero-order chi connectivity index (χ0) is 16.8. The topological polar surface area (TPSA) is 53.0 Å². The normalized spacial score (nSPS) is 17.7. The summed E-state index contributed by atoms with van der Waals surface area (Å²) in [6.45, 7) is 4.23. The maximum absolute atomic E-state index is 11.4. The third-order valence-electron chi connectivity index (χ3n) is 4.33. The molecular formula is C17H25ClN2O3. The number of rotatable bonds is 6. The fourth-order valence-corrected chi connectivity index (χ4v) is 2.95. The van der Waals surface area contributed by atoms with Gasteiger partial charge in [0.05, 0.1) is 0 Å². The van der Waals surface area contributed by atoms with Gasteiger partial charge in [0, 0.05) is 44.7 Å². The van der Waals surface area contributed by atoms with Crippen LogP contribution in [0.4, 0.5) is 0 Å². The maximum Gasteiger partial charge on any atom is 0.219 e. The van der Waals surface area contributed by atoms with Crippen molar-refractivity contribution < 1.29 is 14.6 Å². The van der Waals surface area contributed by atoms with E-state index in [-0.39, 0.29) is 12.5 Å². The van der Waals surface area contributed by atoms with E-state index in [1.54, 1.807) is 31.2 Å². The molecule has 1 heterocycles. The molecule has 0 radical (unpaired) electrons. The van der Waals surface area contributed by atoms with E-state index in [2.05, 4.69) is 4.90 Å². The van der Waals surface area contributed by atoms with Gasteiger partial charge in [0.15, 0.2) is 0 Å². The lowest BCUT2D eigenvalue weighted by molar-refractivity contribution is -0.130. The van der Waals surface area contributed by atoms with Crippen molar-refractivity contribution in [2.24, 2.45) is 0 Å². The van der Waals surface area contributed by atoms with Crippen LogP contribution < -0.4 is 4.74 Å². The van der Waals surface area contributed by atoms with Crippen LogP contribution in [0.25, 0.3) is 0 Å². The van der Waals surface area contributed by atoms with Gasteiger partial charge in [-0.15, -0.1) is 0 Å². The molecule has 1 aromatic rings. The standard InChI is InChI=1S/C17H25ClN2O3/c1-13(21)19(2)15-7-9-20(10-8-15)11-16(22)12-23-17-5-3-14(18)4-6-17/h3-6,15-16,22H,7-12H2,1-2H3. The van der Waals surface area contributed by atoms with Gasteiger partial charge in [-0.1, -0.05) is 11.6 Å². The van der Waals surface area contributed by atoms with Crippen LogP contribution in [0, 0.1) is 0 Å². The van der Waals surface area contributed by atoms with Crippen molar-refractivity contribution in [3.05, 3.63) is 29.3 Å². The van der Waals surface area contributed by atoms with E-state index in [1.165, 1.54) is 0 Å². The highest BCUT2D eigenvalue weighted by Crippen LogP contribution is 2.17. The summed E-state index contributed by atoms with van der Waals surface area (Å²) in [5.74, 6) is 0.815. The van der Waals surface area contributed by atoms with Crippen molar-refractivity contribution in [3.8, 4) is 5.75 Å². The second-order valence-corrected chi connectivity index (χ2v) is 6.52. The summed E-state index contributed by atoms with van der Waals surface area (Å²) in [4.78, 5) is 15.4. The maximum atomic E-state index is 11.4.